The van der Waals surface area contributed by atoms with Gasteiger partial charge >= 0.3 is 0 Å². The molecule has 0 unspecified atom stereocenters. The van der Waals surface area contributed by atoms with Gasteiger partial charge in [-0.3, -0.25) is 0 Å². The molecule has 2 aromatic carbocycles. The molecule has 3 atom stereocenters. The molecular formula is C16H16Cl2O2. The largest absolute Gasteiger partial charge is 0.388 e. The van der Waals surface area contributed by atoms with Crippen molar-refractivity contribution in [2.75, 3.05) is 0 Å². The lowest BCUT2D eigenvalue weighted by atomic mass is 9.89. The molecule has 2 N–H and O–H groups in total. The van der Waals surface area contributed by atoms with Crippen LogP contribution in [0.5, 0.6) is 0 Å². The molecule has 0 radical (unpaired) electrons. The number of benzene rings is 2. The molecule has 0 aliphatic heterocycles. The Balaban J connectivity index is 2.17. The fourth-order valence-corrected chi connectivity index (χ4v) is 2.46. The van der Waals surface area contributed by atoms with Gasteiger partial charge in [-0.25, -0.2) is 0 Å². The van der Waals surface area contributed by atoms with Gasteiger partial charge in [0.1, 0.15) is 0 Å². The van der Waals surface area contributed by atoms with E-state index in [9.17, 15) is 10.2 Å². The Kier molecular flexibility index (Phi) is 5.06. The predicted molar refractivity (Wildman–Crippen MR) is 82.0 cm³/mol. The normalized spacial score (nSPS) is 15.7. The summed E-state index contributed by atoms with van der Waals surface area (Å²) in [7, 11) is 0. The van der Waals surface area contributed by atoms with Gasteiger partial charge in [0.05, 0.1) is 12.2 Å². The van der Waals surface area contributed by atoms with E-state index < -0.39 is 12.2 Å². The van der Waals surface area contributed by atoms with Gasteiger partial charge in [-0.15, -0.1) is 0 Å². The highest BCUT2D eigenvalue weighted by Gasteiger charge is 2.25. The van der Waals surface area contributed by atoms with Crippen LogP contribution in [0.3, 0.4) is 0 Å². The highest BCUT2D eigenvalue weighted by atomic mass is 35.5. The first-order chi connectivity index (χ1) is 9.49. The Bertz CT molecular complexity index is 569. The summed E-state index contributed by atoms with van der Waals surface area (Å²) in [4.78, 5) is 0. The predicted octanol–water partition coefficient (Wildman–Crippen LogP) is 4.40. The van der Waals surface area contributed by atoms with Crippen molar-refractivity contribution in [2.45, 2.75) is 19.1 Å². The Morgan fingerprint density at radius 2 is 1.40 bits per heavy atom. The number of halogens is 2. The maximum absolute atomic E-state index is 10.4. The van der Waals surface area contributed by atoms with Crippen LogP contribution in [0.2, 0.25) is 10.0 Å². The SMILES string of the molecule is C[C@H]([C@H](O)c1ccc(Cl)cc1)[C@H](O)c1cccc(Cl)c1. The third-order valence-corrected chi connectivity index (χ3v) is 3.88. The topological polar surface area (TPSA) is 40.5 Å². The number of rotatable bonds is 4. The zero-order valence-corrected chi connectivity index (χ0v) is 12.5. The summed E-state index contributed by atoms with van der Waals surface area (Å²) in [5, 5.41) is 21.9. The molecule has 2 rings (SSSR count). The van der Waals surface area contributed by atoms with Crippen LogP contribution in [0, 0.1) is 5.92 Å². The van der Waals surface area contributed by atoms with Crippen LogP contribution in [0.25, 0.3) is 0 Å². The van der Waals surface area contributed by atoms with Crippen molar-refractivity contribution in [1.82, 2.24) is 0 Å². The van der Waals surface area contributed by atoms with E-state index in [1.54, 1.807) is 55.5 Å². The molecule has 2 nitrogen and oxygen atoms in total. The van der Waals surface area contributed by atoms with Gasteiger partial charge in [0, 0.05) is 16.0 Å². The molecule has 0 aliphatic rings. The summed E-state index contributed by atoms with van der Waals surface area (Å²) in [5.74, 6) is -0.366. The van der Waals surface area contributed by atoms with Crippen molar-refractivity contribution in [3.8, 4) is 0 Å². The van der Waals surface area contributed by atoms with Crippen LogP contribution in [0.15, 0.2) is 48.5 Å². The zero-order valence-electron chi connectivity index (χ0n) is 11.0. The second-order valence-electron chi connectivity index (χ2n) is 4.86. The first kappa shape index (κ1) is 15.3. The maximum atomic E-state index is 10.4. The van der Waals surface area contributed by atoms with E-state index in [0.29, 0.717) is 15.6 Å². The van der Waals surface area contributed by atoms with E-state index in [4.69, 9.17) is 23.2 Å². The Morgan fingerprint density at radius 1 is 0.800 bits per heavy atom. The van der Waals surface area contributed by atoms with E-state index in [1.807, 2.05) is 0 Å². The minimum absolute atomic E-state index is 0.366. The zero-order chi connectivity index (χ0) is 14.7. The smallest absolute Gasteiger partial charge is 0.0844 e. The number of aliphatic hydroxyl groups is 2. The van der Waals surface area contributed by atoms with E-state index in [1.165, 1.54) is 0 Å². The lowest BCUT2D eigenvalue weighted by Gasteiger charge is -2.25. The summed E-state index contributed by atoms with van der Waals surface area (Å²) in [6.45, 7) is 1.80. The Labute approximate surface area is 128 Å². The third-order valence-electron chi connectivity index (χ3n) is 3.40. The fourth-order valence-electron chi connectivity index (χ4n) is 2.13. The van der Waals surface area contributed by atoms with Crippen molar-refractivity contribution in [3.05, 3.63) is 69.7 Å². The number of hydrogen-bond acceptors (Lipinski definition) is 2. The van der Waals surface area contributed by atoms with Crippen LogP contribution in [0.1, 0.15) is 30.3 Å². The lowest BCUT2D eigenvalue weighted by Crippen LogP contribution is -2.17. The summed E-state index contributed by atoms with van der Waals surface area (Å²) in [6.07, 6.45) is -1.57. The van der Waals surface area contributed by atoms with Gasteiger partial charge in [-0.2, -0.15) is 0 Å². The molecule has 0 fully saturated rings. The quantitative estimate of drug-likeness (QED) is 0.879. The standard InChI is InChI=1S/C16H16Cl2O2/c1-10(15(19)11-5-7-13(17)8-6-11)16(20)12-3-2-4-14(18)9-12/h2-10,15-16,19-20H,1H3/t10-,15+,16+/m1/s1. The highest BCUT2D eigenvalue weighted by Crippen LogP contribution is 2.33. The van der Waals surface area contributed by atoms with Crippen molar-refractivity contribution in [2.24, 2.45) is 5.92 Å². The molecule has 0 saturated carbocycles. The summed E-state index contributed by atoms with van der Waals surface area (Å²) in [5.41, 5.74) is 1.42. The van der Waals surface area contributed by atoms with Crippen molar-refractivity contribution >= 4 is 23.2 Å². The molecule has 20 heavy (non-hydrogen) atoms. The monoisotopic (exact) mass is 310 g/mol. The molecule has 0 saturated heterocycles. The van der Waals surface area contributed by atoms with Gasteiger partial charge in [-0.05, 0) is 35.4 Å². The molecule has 2 aromatic rings. The molecule has 0 heterocycles. The fraction of sp³-hybridized carbons (Fsp3) is 0.250. The summed E-state index contributed by atoms with van der Waals surface area (Å²) < 4.78 is 0. The maximum Gasteiger partial charge on any atom is 0.0844 e. The first-order valence-corrected chi connectivity index (χ1v) is 7.11. The molecule has 0 aromatic heterocycles. The van der Waals surface area contributed by atoms with Crippen LogP contribution in [0.4, 0.5) is 0 Å². The third kappa shape index (κ3) is 3.53. The van der Waals surface area contributed by atoms with Crippen molar-refractivity contribution in [1.29, 1.82) is 0 Å². The Hall–Kier alpha value is -1.06. The number of aliphatic hydroxyl groups excluding tert-OH is 2. The molecule has 0 aliphatic carbocycles. The lowest BCUT2D eigenvalue weighted by molar-refractivity contribution is 0.0199. The van der Waals surface area contributed by atoms with Gasteiger partial charge in [-0.1, -0.05) is 54.4 Å². The van der Waals surface area contributed by atoms with E-state index in [0.717, 1.165) is 5.56 Å². The molecule has 0 bridgehead atoms. The van der Waals surface area contributed by atoms with Gasteiger partial charge in [0.15, 0.2) is 0 Å². The minimum atomic E-state index is -0.792. The molecule has 0 spiro atoms. The van der Waals surface area contributed by atoms with E-state index >= 15 is 0 Å². The van der Waals surface area contributed by atoms with Crippen molar-refractivity contribution in [3.63, 3.8) is 0 Å². The van der Waals surface area contributed by atoms with Gasteiger partial charge in [0.2, 0.25) is 0 Å². The van der Waals surface area contributed by atoms with Crippen LogP contribution in [-0.2, 0) is 0 Å². The Morgan fingerprint density at radius 3 is 2.00 bits per heavy atom. The second kappa shape index (κ2) is 6.59. The van der Waals surface area contributed by atoms with E-state index in [-0.39, 0.29) is 5.92 Å². The van der Waals surface area contributed by atoms with E-state index in [2.05, 4.69) is 0 Å². The van der Waals surface area contributed by atoms with Crippen LogP contribution in [-0.4, -0.2) is 10.2 Å². The summed E-state index contributed by atoms with van der Waals surface area (Å²) in [6, 6.07) is 14.0. The molecule has 4 heteroatoms. The number of hydrogen-bond donors (Lipinski definition) is 2. The van der Waals surface area contributed by atoms with Gasteiger partial charge in [0.25, 0.3) is 0 Å². The first-order valence-electron chi connectivity index (χ1n) is 6.36. The van der Waals surface area contributed by atoms with Crippen LogP contribution >= 0.6 is 23.2 Å². The minimum Gasteiger partial charge on any atom is -0.388 e. The average Bonchev–Trinajstić information content (AvgIpc) is 2.46. The van der Waals surface area contributed by atoms with Crippen molar-refractivity contribution < 1.29 is 10.2 Å². The molecule has 0 amide bonds. The average molecular weight is 311 g/mol. The summed E-state index contributed by atoms with van der Waals surface area (Å²) >= 11 is 11.7. The highest BCUT2D eigenvalue weighted by molar-refractivity contribution is 6.30. The van der Waals surface area contributed by atoms with Gasteiger partial charge < -0.3 is 10.2 Å². The van der Waals surface area contributed by atoms with Crippen LogP contribution < -0.4 is 0 Å². The molecular weight excluding hydrogens is 295 g/mol. The second-order valence-corrected chi connectivity index (χ2v) is 5.73. The molecule has 106 valence electrons.